The van der Waals surface area contributed by atoms with Gasteiger partial charge in [0.2, 0.25) is 5.91 Å². The quantitative estimate of drug-likeness (QED) is 0.793. The lowest BCUT2D eigenvalue weighted by Gasteiger charge is -2.24. The molecular weight excluding hydrogens is 265 g/mol. The van der Waals surface area contributed by atoms with E-state index in [1.54, 1.807) is 12.2 Å². The first-order chi connectivity index (χ1) is 9.56. The van der Waals surface area contributed by atoms with Gasteiger partial charge in [0.05, 0.1) is 18.1 Å². The number of fused-ring (bicyclic) bond motifs is 2. The summed E-state index contributed by atoms with van der Waals surface area (Å²) < 4.78 is 18.4. The fourth-order valence-electron chi connectivity index (χ4n) is 2.69. The first-order valence-electron chi connectivity index (χ1n) is 6.17. The van der Waals surface area contributed by atoms with Crippen molar-refractivity contribution in [3.63, 3.8) is 0 Å². The van der Waals surface area contributed by atoms with Crippen LogP contribution in [0, 0.1) is 17.7 Å². The molecule has 1 saturated heterocycles. The molecule has 2 heterocycles. The van der Waals surface area contributed by atoms with Crippen LogP contribution >= 0.6 is 0 Å². The van der Waals surface area contributed by atoms with Gasteiger partial charge in [-0.25, -0.2) is 4.39 Å². The minimum absolute atomic E-state index is 0.277. The summed E-state index contributed by atoms with van der Waals surface area (Å²) in [6.07, 6.45) is 2.08. The van der Waals surface area contributed by atoms with Crippen LogP contribution in [-0.4, -0.2) is 24.1 Å². The lowest BCUT2D eigenvalue weighted by molar-refractivity contribution is -0.313. The summed E-state index contributed by atoms with van der Waals surface area (Å²) in [5.74, 6) is -4.19. The second-order valence-corrected chi connectivity index (χ2v) is 4.82. The van der Waals surface area contributed by atoms with Crippen molar-refractivity contribution in [3.05, 3.63) is 42.2 Å². The summed E-state index contributed by atoms with van der Waals surface area (Å²) in [4.78, 5) is 23.3. The maximum absolute atomic E-state index is 13.1. The fourth-order valence-corrected chi connectivity index (χ4v) is 2.69. The first-order valence-corrected chi connectivity index (χ1v) is 6.17. The second-order valence-electron chi connectivity index (χ2n) is 4.82. The molecule has 3 rings (SSSR count). The molecule has 20 heavy (non-hydrogen) atoms. The lowest BCUT2D eigenvalue weighted by Crippen LogP contribution is -2.45. The highest BCUT2D eigenvalue weighted by molar-refractivity contribution is 5.96. The van der Waals surface area contributed by atoms with E-state index in [1.807, 2.05) is 0 Å². The number of hydrogen-bond donors (Lipinski definition) is 1. The third-order valence-corrected chi connectivity index (χ3v) is 3.57. The third-order valence-electron chi connectivity index (χ3n) is 3.57. The normalized spacial score (nSPS) is 30.4. The Bertz CT molecular complexity index is 601. The average Bonchev–Trinajstić information content (AvgIpc) is 2.98. The fraction of sp³-hybridized carbons (Fsp3) is 0.286. The van der Waals surface area contributed by atoms with Crippen LogP contribution < -0.4 is 10.4 Å². The summed E-state index contributed by atoms with van der Waals surface area (Å²) in [7, 11) is 0. The lowest BCUT2D eigenvalue weighted by atomic mass is 9.82. The van der Waals surface area contributed by atoms with E-state index in [0.29, 0.717) is 0 Å². The number of carboxylic acid groups (broad SMARTS) is 1. The Morgan fingerprint density at radius 3 is 2.55 bits per heavy atom. The zero-order valence-electron chi connectivity index (χ0n) is 10.3. The SMILES string of the molecule is O=C([O-])[C@@H]1[C@H](C(=O)Nc2cccc(F)c2)[C@H]2C=C[C@@H]1O2. The van der Waals surface area contributed by atoms with Gasteiger partial charge in [-0.3, -0.25) is 4.79 Å². The largest absolute Gasteiger partial charge is 0.550 e. The standard InChI is InChI=1S/C14H12FNO4/c15-7-2-1-3-8(6-7)16-13(17)11-9-4-5-10(20-9)12(11)14(18)19/h1-6,9-12H,(H,16,17)(H,18,19)/p-1/t9-,10+,11-,12+/m1/s1. The molecule has 6 heteroatoms. The number of amides is 1. The van der Waals surface area contributed by atoms with Crippen molar-refractivity contribution in [1.82, 2.24) is 0 Å². The van der Waals surface area contributed by atoms with Crippen molar-refractivity contribution in [1.29, 1.82) is 0 Å². The Hall–Kier alpha value is -2.21. The zero-order valence-corrected chi connectivity index (χ0v) is 10.3. The number of ether oxygens (including phenoxy) is 1. The van der Waals surface area contributed by atoms with Crippen molar-refractivity contribution in [2.45, 2.75) is 12.2 Å². The summed E-state index contributed by atoms with van der Waals surface area (Å²) in [6, 6.07) is 5.40. The Balaban J connectivity index is 1.80. The Kier molecular flexibility index (Phi) is 3.02. The Morgan fingerprint density at radius 1 is 1.20 bits per heavy atom. The van der Waals surface area contributed by atoms with Crippen LogP contribution in [0.2, 0.25) is 0 Å². The highest BCUT2D eigenvalue weighted by Gasteiger charge is 2.50. The molecule has 0 aromatic heterocycles. The number of nitrogens with one attached hydrogen (secondary N) is 1. The molecule has 2 aliphatic heterocycles. The zero-order chi connectivity index (χ0) is 14.3. The molecule has 1 aromatic carbocycles. The van der Waals surface area contributed by atoms with Crippen LogP contribution in [0.15, 0.2) is 36.4 Å². The molecule has 5 nitrogen and oxygen atoms in total. The molecule has 0 radical (unpaired) electrons. The number of halogens is 1. The number of benzene rings is 1. The Morgan fingerprint density at radius 2 is 1.90 bits per heavy atom. The molecule has 104 valence electrons. The molecule has 0 spiro atoms. The van der Waals surface area contributed by atoms with E-state index in [4.69, 9.17) is 4.74 Å². The van der Waals surface area contributed by atoms with Crippen LogP contribution in [0.5, 0.6) is 0 Å². The van der Waals surface area contributed by atoms with E-state index in [9.17, 15) is 19.1 Å². The van der Waals surface area contributed by atoms with Crippen LogP contribution in [0.4, 0.5) is 10.1 Å². The van der Waals surface area contributed by atoms with Crippen molar-refractivity contribution < 1.29 is 23.8 Å². The van der Waals surface area contributed by atoms with E-state index in [1.165, 1.54) is 18.2 Å². The minimum atomic E-state index is -1.32. The van der Waals surface area contributed by atoms with Gasteiger partial charge in [-0.1, -0.05) is 18.2 Å². The first kappa shape index (κ1) is 12.8. The van der Waals surface area contributed by atoms with Gasteiger partial charge >= 0.3 is 0 Å². The number of hydrogen-bond acceptors (Lipinski definition) is 4. The van der Waals surface area contributed by atoms with Gasteiger partial charge in [-0.15, -0.1) is 0 Å². The van der Waals surface area contributed by atoms with Crippen molar-refractivity contribution in [3.8, 4) is 0 Å². The second kappa shape index (κ2) is 4.72. The van der Waals surface area contributed by atoms with Gasteiger partial charge in [0, 0.05) is 17.6 Å². The van der Waals surface area contributed by atoms with E-state index in [2.05, 4.69) is 5.32 Å². The minimum Gasteiger partial charge on any atom is -0.550 e. The Labute approximate surface area is 114 Å². The number of anilines is 1. The predicted molar refractivity (Wildman–Crippen MR) is 64.8 cm³/mol. The maximum atomic E-state index is 13.1. The molecule has 2 bridgehead atoms. The molecule has 0 saturated carbocycles. The van der Waals surface area contributed by atoms with E-state index in [-0.39, 0.29) is 5.69 Å². The molecular formula is C14H11FNO4-. The van der Waals surface area contributed by atoms with E-state index in [0.717, 1.165) is 6.07 Å². The molecule has 1 aromatic rings. The number of carbonyl (C=O) groups excluding carboxylic acids is 2. The van der Waals surface area contributed by atoms with Gasteiger partial charge < -0.3 is 20.0 Å². The van der Waals surface area contributed by atoms with E-state index < -0.39 is 41.7 Å². The van der Waals surface area contributed by atoms with Crippen molar-refractivity contribution in [2.75, 3.05) is 5.32 Å². The molecule has 1 N–H and O–H groups in total. The monoisotopic (exact) mass is 276 g/mol. The van der Waals surface area contributed by atoms with Crippen LogP contribution in [0.3, 0.4) is 0 Å². The van der Waals surface area contributed by atoms with Gasteiger partial charge in [0.1, 0.15) is 5.82 Å². The van der Waals surface area contributed by atoms with Crippen LogP contribution in [0.1, 0.15) is 0 Å². The van der Waals surface area contributed by atoms with Gasteiger partial charge in [0.25, 0.3) is 0 Å². The highest BCUT2D eigenvalue weighted by Crippen LogP contribution is 2.39. The third kappa shape index (κ3) is 2.08. The molecule has 1 fully saturated rings. The number of carbonyl (C=O) groups is 2. The summed E-state index contributed by atoms with van der Waals surface area (Å²) in [6.45, 7) is 0. The summed E-state index contributed by atoms with van der Waals surface area (Å²) >= 11 is 0. The van der Waals surface area contributed by atoms with Crippen molar-refractivity contribution >= 4 is 17.6 Å². The topological polar surface area (TPSA) is 78.5 Å². The smallest absolute Gasteiger partial charge is 0.231 e. The molecule has 1 amide bonds. The van der Waals surface area contributed by atoms with Crippen LogP contribution in [-0.2, 0) is 14.3 Å². The van der Waals surface area contributed by atoms with Crippen molar-refractivity contribution in [2.24, 2.45) is 11.8 Å². The highest BCUT2D eigenvalue weighted by atomic mass is 19.1. The summed E-state index contributed by atoms with van der Waals surface area (Å²) in [5.41, 5.74) is 0.277. The van der Waals surface area contributed by atoms with Crippen LogP contribution in [0.25, 0.3) is 0 Å². The predicted octanol–water partition coefficient (Wildman–Crippen LogP) is 0.0837. The van der Waals surface area contributed by atoms with Gasteiger partial charge in [-0.2, -0.15) is 0 Å². The van der Waals surface area contributed by atoms with E-state index >= 15 is 0 Å². The average molecular weight is 276 g/mol. The van der Waals surface area contributed by atoms with Gasteiger partial charge in [0.15, 0.2) is 0 Å². The molecule has 0 unspecified atom stereocenters. The molecule has 2 aliphatic rings. The molecule has 0 aliphatic carbocycles. The maximum Gasteiger partial charge on any atom is 0.231 e. The number of rotatable bonds is 3. The summed E-state index contributed by atoms with van der Waals surface area (Å²) in [5, 5.41) is 13.7. The number of carboxylic acids is 1. The molecule has 4 atom stereocenters. The van der Waals surface area contributed by atoms with Gasteiger partial charge in [-0.05, 0) is 18.2 Å². The number of aliphatic carboxylic acids is 1.